The fraction of sp³-hybridized carbons (Fsp3) is 0.200. The smallest absolute Gasteiger partial charge is 0.270 e. The average molecular weight is 433 g/mol. The number of nitrogens with zero attached hydrogens (tertiary/aromatic N) is 3. The van der Waals surface area contributed by atoms with Crippen LogP contribution in [0.15, 0.2) is 59.6 Å². The number of aromatic nitrogens is 1. The van der Waals surface area contributed by atoms with Crippen LogP contribution in [0.4, 0.5) is 14.5 Å². The number of halogens is 2. The first-order valence-electron chi connectivity index (χ1n) is 9.07. The van der Waals surface area contributed by atoms with E-state index in [1.807, 2.05) is 4.57 Å². The summed E-state index contributed by atoms with van der Waals surface area (Å²) in [6.07, 6.45) is 1.78. The van der Waals surface area contributed by atoms with Crippen LogP contribution in [0, 0.1) is 28.7 Å². The van der Waals surface area contributed by atoms with Gasteiger partial charge in [-0.15, -0.1) is 0 Å². The van der Waals surface area contributed by atoms with E-state index < -0.39 is 32.6 Å². The molecule has 156 valence electrons. The summed E-state index contributed by atoms with van der Waals surface area (Å²) in [5.74, 6) is -2.12. The van der Waals surface area contributed by atoms with E-state index in [4.69, 9.17) is 0 Å². The van der Waals surface area contributed by atoms with Crippen molar-refractivity contribution in [3.63, 3.8) is 0 Å². The number of aryl methyl sites for hydroxylation is 1. The second-order valence-corrected chi connectivity index (χ2v) is 8.88. The molecule has 0 bridgehead atoms. The van der Waals surface area contributed by atoms with Crippen molar-refractivity contribution in [3.8, 4) is 0 Å². The molecule has 0 saturated heterocycles. The Bertz CT molecular complexity index is 1260. The molecule has 30 heavy (non-hydrogen) atoms. The van der Waals surface area contributed by atoms with Crippen LogP contribution >= 0.6 is 0 Å². The number of sulfonamides is 1. The van der Waals surface area contributed by atoms with Crippen molar-refractivity contribution in [1.29, 1.82) is 0 Å². The normalized spacial score (nSPS) is 17.0. The summed E-state index contributed by atoms with van der Waals surface area (Å²) in [7, 11) is -4.19. The summed E-state index contributed by atoms with van der Waals surface area (Å²) in [6.45, 7) is 1.97. The van der Waals surface area contributed by atoms with E-state index in [1.54, 1.807) is 25.3 Å². The van der Waals surface area contributed by atoms with Crippen molar-refractivity contribution in [3.05, 3.63) is 93.3 Å². The van der Waals surface area contributed by atoms with E-state index in [1.165, 1.54) is 22.5 Å². The summed E-state index contributed by atoms with van der Waals surface area (Å²) >= 11 is 0. The Kier molecular flexibility index (Phi) is 4.91. The lowest BCUT2D eigenvalue weighted by Crippen LogP contribution is -2.42. The third-order valence-electron chi connectivity index (χ3n) is 5.22. The fourth-order valence-corrected chi connectivity index (χ4v) is 5.57. The van der Waals surface area contributed by atoms with Gasteiger partial charge in [-0.1, -0.05) is 12.1 Å². The molecule has 2 heterocycles. The second kappa shape index (κ2) is 7.29. The monoisotopic (exact) mass is 433 g/mol. The number of nitro benzene ring substituents is 1. The van der Waals surface area contributed by atoms with Crippen LogP contribution in [0.5, 0.6) is 0 Å². The Balaban J connectivity index is 1.89. The Labute approximate surface area is 171 Å². The van der Waals surface area contributed by atoms with E-state index in [-0.39, 0.29) is 22.7 Å². The summed E-state index contributed by atoms with van der Waals surface area (Å²) in [6, 6.07) is 9.47. The molecule has 7 nitrogen and oxygen atoms in total. The number of hydrogen-bond acceptors (Lipinski definition) is 4. The highest BCUT2D eigenvalue weighted by molar-refractivity contribution is 7.89. The molecule has 0 amide bonds. The highest BCUT2D eigenvalue weighted by Gasteiger charge is 2.39. The molecule has 1 aliphatic heterocycles. The zero-order valence-corrected chi connectivity index (χ0v) is 16.6. The maximum Gasteiger partial charge on any atom is 0.270 e. The Morgan fingerprint density at radius 3 is 2.53 bits per heavy atom. The van der Waals surface area contributed by atoms with Crippen molar-refractivity contribution >= 4 is 15.7 Å². The van der Waals surface area contributed by atoms with Crippen molar-refractivity contribution < 1.29 is 22.1 Å². The number of benzene rings is 2. The van der Waals surface area contributed by atoms with Crippen LogP contribution in [-0.2, 0) is 16.6 Å². The zero-order chi connectivity index (χ0) is 21.6. The minimum atomic E-state index is -4.19. The van der Waals surface area contributed by atoms with Gasteiger partial charge in [-0.2, -0.15) is 4.31 Å². The highest BCUT2D eigenvalue weighted by Crippen LogP contribution is 2.38. The lowest BCUT2D eigenvalue weighted by molar-refractivity contribution is -0.385. The Morgan fingerprint density at radius 1 is 1.07 bits per heavy atom. The van der Waals surface area contributed by atoms with Crippen molar-refractivity contribution in [2.24, 2.45) is 0 Å². The van der Waals surface area contributed by atoms with Gasteiger partial charge >= 0.3 is 0 Å². The van der Waals surface area contributed by atoms with Crippen LogP contribution in [0.25, 0.3) is 0 Å². The molecule has 10 heteroatoms. The Hall–Kier alpha value is -3.11. The highest BCUT2D eigenvalue weighted by atomic mass is 32.2. The van der Waals surface area contributed by atoms with Gasteiger partial charge in [-0.25, -0.2) is 17.2 Å². The van der Waals surface area contributed by atoms with Gasteiger partial charge < -0.3 is 4.57 Å². The molecule has 4 rings (SSSR count). The SMILES string of the molecule is Cc1ccc([N+](=O)[O-])cc1S(=O)(=O)N1CCn2cccc2[C@H]1c1ccc(F)c(F)c1. The van der Waals surface area contributed by atoms with Gasteiger partial charge in [0.15, 0.2) is 11.6 Å². The maximum absolute atomic E-state index is 14.0. The minimum Gasteiger partial charge on any atom is -0.348 e. The lowest BCUT2D eigenvalue weighted by Gasteiger charge is -2.36. The molecule has 0 N–H and O–H groups in total. The van der Waals surface area contributed by atoms with Gasteiger partial charge in [0.2, 0.25) is 10.0 Å². The van der Waals surface area contributed by atoms with Gasteiger partial charge in [-0.05, 0) is 42.3 Å². The van der Waals surface area contributed by atoms with Crippen molar-refractivity contribution in [2.45, 2.75) is 24.4 Å². The summed E-state index contributed by atoms with van der Waals surface area (Å²) in [5.41, 5.74) is 0.869. The van der Waals surface area contributed by atoms with Gasteiger partial charge in [0.05, 0.1) is 15.9 Å². The fourth-order valence-electron chi connectivity index (χ4n) is 3.75. The third-order valence-corrected chi connectivity index (χ3v) is 7.23. The molecule has 2 aromatic carbocycles. The predicted molar refractivity (Wildman–Crippen MR) is 104 cm³/mol. The molecule has 0 saturated carbocycles. The number of non-ortho nitro benzene ring substituents is 1. The zero-order valence-electron chi connectivity index (χ0n) is 15.8. The van der Waals surface area contributed by atoms with Crippen LogP contribution in [-0.4, -0.2) is 28.8 Å². The van der Waals surface area contributed by atoms with Gasteiger partial charge in [0.25, 0.3) is 5.69 Å². The van der Waals surface area contributed by atoms with E-state index in [0.29, 0.717) is 17.8 Å². The topological polar surface area (TPSA) is 85.4 Å². The molecule has 1 atom stereocenters. The van der Waals surface area contributed by atoms with E-state index in [9.17, 15) is 27.3 Å². The summed E-state index contributed by atoms with van der Waals surface area (Å²) in [5, 5.41) is 11.2. The first kappa shape index (κ1) is 20.2. The maximum atomic E-state index is 14.0. The van der Waals surface area contributed by atoms with E-state index >= 15 is 0 Å². The molecule has 0 radical (unpaired) electrons. The van der Waals surface area contributed by atoms with Crippen LogP contribution in [0.1, 0.15) is 22.9 Å². The molecule has 1 aliphatic rings. The first-order valence-corrected chi connectivity index (χ1v) is 10.5. The number of nitro groups is 1. The van der Waals surface area contributed by atoms with Gasteiger partial charge in [-0.3, -0.25) is 10.1 Å². The van der Waals surface area contributed by atoms with Gasteiger partial charge in [0, 0.05) is 37.1 Å². The van der Waals surface area contributed by atoms with E-state index in [0.717, 1.165) is 18.2 Å². The Morgan fingerprint density at radius 2 is 1.83 bits per heavy atom. The lowest BCUT2D eigenvalue weighted by atomic mass is 10.0. The minimum absolute atomic E-state index is 0.0653. The van der Waals surface area contributed by atoms with Crippen LogP contribution in [0.3, 0.4) is 0 Å². The average Bonchev–Trinajstić information content (AvgIpc) is 3.18. The number of hydrogen-bond donors (Lipinski definition) is 0. The first-order chi connectivity index (χ1) is 14.2. The predicted octanol–water partition coefficient (Wildman–Crippen LogP) is 3.78. The number of rotatable bonds is 4. The molecule has 3 aromatic rings. The molecular formula is C20H17F2N3O4S. The quantitative estimate of drug-likeness (QED) is 0.463. The summed E-state index contributed by atoms with van der Waals surface area (Å²) < 4.78 is 57.6. The molecule has 0 fully saturated rings. The molecular weight excluding hydrogens is 416 g/mol. The van der Waals surface area contributed by atoms with Crippen LogP contribution in [0.2, 0.25) is 0 Å². The summed E-state index contributed by atoms with van der Waals surface area (Å²) in [4.78, 5) is 10.3. The molecule has 0 unspecified atom stereocenters. The second-order valence-electron chi connectivity index (χ2n) is 7.03. The van der Waals surface area contributed by atoms with Crippen LogP contribution < -0.4 is 0 Å². The largest absolute Gasteiger partial charge is 0.348 e. The van der Waals surface area contributed by atoms with Gasteiger partial charge in [0.1, 0.15) is 0 Å². The standard InChI is InChI=1S/C20H17F2N3O4S/c1-13-4-6-15(25(26)27)12-19(13)30(28,29)24-10-9-23-8-2-3-18(23)20(24)14-5-7-16(21)17(22)11-14/h2-8,11-12,20H,9-10H2,1H3/t20-/m1/s1. The third kappa shape index (κ3) is 3.27. The molecule has 0 aliphatic carbocycles. The molecule has 1 aromatic heterocycles. The van der Waals surface area contributed by atoms with E-state index in [2.05, 4.69) is 0 Å². The van der Waals surface area contributed by atoms with Crippen molar-refractivity contribution in [1.82, 2.24) is 8.87 Å². The molecule has 0 spiro atoms. The number of fused-ring (bicyclic) bond motifs is 1. The van der Waals surface area contributed by atoms with Crippen molar-refractivity contribution in [2.75, 3.05) is 6.54 Å².